The molecule has 2 atom stereocenters. The second-order valence-electron chi connectivity index (χ2n) is 6.80. The molecule has 1 heterocycles. The number of rotatable bonds is 6. The van der Waals surface area contributed by atoms with Crippen LogP contribution in [0.3, 0.4) is 0 Å². The van der Waals surface area contributed by atoms with Crippen LogP contribution in [0.2, 0.25) is 0 Å². The van der Waals surface area contributed by atoms with Crippen molar-refractivity contribution in [3.8, 4) is 5.75 Å². The zero-order valence-electron chi connectivity index (χ0n) is 13.8. The van der Waals surface area contributed by atoms with Crippen LogP contribution in [0.5, 0.6) is 5.75 Å². The molecule has 1 aliphatic heterocycles. The van der Waals surface area contributed by atoms with Gasteiger partial charge >= 0.3 is 0 Å². The smallest absolute Gasteiger partial charge is 0.154 e. The maximum absolute atomic E-state index is 12.1. The van der Waals surface area contributed by atoms with Crippen LogP contribution in [-0.2, 0) is 9.84 Å². The van der Waals surface area contributed by atoms with E-state index in [-0.39, 0.29) is 11.3 Å². The minimum atomic E-state index is -2.90. The first-order valence-electron chi connectivity index (χ1n) is 8.69. The van der Waals surface area contributed by atoms with Crippen molar-refractivity contribution in [2.75, 3.05) is 19.4 Å². The molecule has 1 N–H and O–H groups in total. The van der Waals surface area contributed by atoms with Gasteiger partial charge in [-0.1, -0.05) is 31.0 Å². The molecule has 1 saturated heterocycles. The molecule has 0 amide bonds. The Hall–Kier alpha value is -1.07. The molecule has 1 aromatic rings. The molecule has 3 rings (SSSR count). The fraction of sp³-hybridized carbons (Fsp3) is 0.667. The summed E-state index contributed by atoms with van der Waals surface area (Å²) >= 11 is 0. The number of ether oxygens (including phenoxy) is 1. The van der Waals surface area contributed by atoms with Crippen LogP contribution in [0.1, 0.15) is 50.1 Å². The molecule has 1 saturated carbocycles. The number of benzene rings is 1. The minimum Gasteiger partial charge on any atom is -0.496 e. The Morgan fingerprint density at radius 1 is 1.17 bits per heavy atom. The Kier molecular flexibility index (Phi) is 5.27. The molecule has 2 fully saturated rings. The lowest BCUT2D eigenvalue weighted by molar-refractivity contribution is 0.344. The van der Waals surface area contributed by atoms with Crippen LogP contribution in [0.15, 0.2) is 24.3 Å². The fourth-order valence-electron chi connectivity index (χ4n) is 4.09. The van der Waals surface area contributed by atoms with E-state index in [2.05, 4.69) is 11.4 Å². The third kappa shape index (κ3) is 3.72. The lowest BCUT2D eigenvalue weighted by Crippen LogP contribution is -2.36. The Balaban J connectivity index is 1.78. The Morgan fingerprint density at radius 3 is 2.57 bits per heavy atom. The topological polar surface area (TPSA) is 55.4 Å². The van der Waals surface area contributed by atoms with Crippen LogP contribution >= 0.6 is 0 Å². The lowest BCUT2D eigenvalue weighted by Gasteiger charge is -2.28. The number of nitrogens with one attached hydrogen (secondary N) is 1. The Bertz CT molecular complexity index is 623. The van der Waals surface area contributed by atoms with E-state index in [1.807, 2.05) is 18.2 Å². The summed E-state index contributed by atoms with van der Waals surface area (Å²) in [5, 5.41) is 3.37. The minimum absolute atomic E-state index is 0.185. The van der Waals surface area contributed by atoms with Gasteiger partial charge in [-0.2, -0.15) is 0 Å². The molecule has 23 heavy (non-hydrogen) atoms. The van der Waals surface area contributed by atoms with E-state index in [0.29, 0.717) is 18.2 Å². The van der Waals surface area contributed by atoms with Gasteiger partial charge in [0.1, 0.15) is 5.75 Å². The van der Waals surface area contributed by atoms with Gasteiger partial charge in [0.05, 0.1) is 18.1 Å². The molecule has 0 radical (unpaired) electrons. The first kappa shape index (κ1) is 16.8. The van der Waals surface area contributed by atoms with Crippen molar-refractivity contribution in [3.05, 3.63) is 29.8 Å². The van der Waals surface area contributed by atoms with E-state index in [1.165, 1.54) is 25.7 Å². The fourth-order valence-corrected chi connectivity index (χ4v) is 5.87. The molecule has 0 bridgehead atoms. The molecule has 0 aromatic heterocycles. The zero-order valence-corrected chi connectivity index (χ0v) is 14.6. The molecule has 2 aliphatic rings. The van der Waals surface area contributed by atoms with Crippen molar-refractivity contribution < 1.29 is 13.2 Å². The van der Waals surface area contributed by atoms with E-state index in [0.717, 1.165) is 24.2 Å². The quantitative estimate of drug-likeness (QED) is 0.867. The van der Waals surface area contributed by atoms with Crippen molar-refractivity contribution >= 4 is 9.84 Å². The zero-order chi connectivity index (χ0) is 16.3. The first-order valence-corrected chi connectivity index (χ1v) is 10.4. The van der Waals surface area contributed by atoms with Crippen LogP contribution in [0.4, 0.5) is 0 Å². The van der Waals surface area contributed by atoms with Gasteiger partial charge in [0, 0.05) is 18.2 Å². The van der Waals surface area contributed by atoms with E-state index < -0.39 is 9.84 Å². The summed E-state index contributed by atoms with van der Waals surface area (Å²) in [5.74, 6) is 1.81. The van der Waals surface area contributed by atoms with E-state index in [9.17, 15) is 8.42 Å². The summed E-state index contributed by atoms with van der Waals surface area (Å²) in [6.45, 7) is 0.557. The SMILES string of the molecule is COc1ccccc1[C@@H](NC[C@@H]1CCCS1(=O)=O)C1CCCC1. The predicted octanol–water partition coefficient (Wildman–Crippen LogP) is 3.09. The Labute approximate surface area is 139 Å². The molecule has 128 valence electrons. The lowest BCUT2D eigenvalue weighted by atomic mass is 9.91. The van der Waals surface area contributed by atoms with Gasteiger partial charge in [-0.05, 0) is 37.7 Å². The van der Waals surface area contributed by atoms with Crippen molar-refractivity contribution in [2.24, 2.45) is 5.92 Å². The predicted molar refractivity (Wildman–Crippen MR) is 92.5 cm³/mol. The summed E-state index contributed by atoms with van der Waals surface area (Å²) in [5.41, 5.74) is 1.16. The maximum atomic E-state index is 12.1. The Morgan fingerprint density at radius 2 is 1.91 bits per heavy atom. The van der Waals surface area contributed by atoms with E-state index >= 15 is 0 Å². The van der Waals surface area contributed by atoms with Crippen molar-refractivity contribution in [3.63, 3.8) is 0 Å². The molecule has 5 heteroatoms. The largest absolute Gasteiger partial charge is 0.496 e. The van der Waals surface area contributed by atoms with E-state index in [1.54, 1.807) is 7.11 Å². The molecular formula is C18H27NO3S. The first-order chi connectivity index (χ1) is 11.1. The monoisotopic (exact) mass is 337 g/mol. The van der Waals surface area contributed by atoms with Gasteiger partial charge in [-0.15, -0.1) is 0 Å². The van der Waals surface area contributed by atoms with Crippen molar-refractivity contribution in [2.45, 2.75) is 49.8 Å². The molecule has 1 aliphatic carbocycles. The second-order valence-corrected chi connectivity index (χ2v) is 9.20. The highest BCUT2D eigenvalue weighted by Gasteiger charge is 2.34. The van der Waals surface area contributed by atoms with Crippen molar-refractivity contribution in [1.82, 2.24) is 5.32 Å². The third-order valence-electron chi connectivity index (χ3n) is 5.37. The van der Waals surface area contributed by atoms with Gasteiger partial charge in [0.25, 0.3) is 0 Å². The maximum Gasteiger partial charge on any atom is 0.154 e. The molecule has 1 aromatic carbocycles. The summed E-state index contributed by atoms with van der Waals surface area (Å²) in [6, 6.07) is 8.30. The van der Waals surface area contributed by atoms with Gasteiger partial charge in [0.15, 0.2) is 9.84 Å². The van der Waals surface area contributed by atoms with Gasteiger partial charge in [-0.3, -0.25) is 0 Å². The van der Waals surface area contributed by atoms with Crippen molar-refractivity contribution in [1.29, 1.82) is 0 Å². The number of sulfone groups is 1. The van der Waals surface area contributed by atoms with Crippen LogP contribution in [-0.4, -0.2) is 33.1 Å². The second kappa shape index (κ2) is 7.22. The molecule has 0 unspecified atom stereocenters. The molecular weight excluding hydrogens is 310 g/mol. The number of methoxy groups -OCH3 is 1. The summed E-state index contributed by atoms with van der Waals surface area (Å²) in [6.07, 6.45) is 6.52. The summed E-state index contributed by atoms with van der Waals surface area (Å²) in [4.78, 5) is 0. The number of hydrogen-bond donors (Lipinski definition) is 1. The summed E-state index contributed by atoms with van der Waals surface area (Å²) < 4.78 is 29.7. The highest BCUT2D eigenvalue weighted by atomic mass is 32.2. The highest BCUT2D eigenvalue weighted by molar-refractivity contribution is 7.92. The summed E-state index contributed by atoms with van der Waals surface area (Å²) in [7, 11) is -1.20. The standard InChI is InChI=1S/C18H27NO3S/c1-22-17-11-5-4-10-16(17)18(14-7-2-3-8-14)19-13-15-9-6-12-23(15,20)21/h4-5,10-11,14-15,18-19H,2-3,6-9,12-13H2,1H3/t15-,18-/m0/s1. The van der Waals surface area contributed by atoms with Gasteiger partial charge in [0.2, 0.25) is 0 Å². The molecule has 4 nitrogen and oxygen atoms in total. The van der Waals surface area contributed by atoms with E-state index in [4.69, 9.17) is 4.74 Å². The average Bonchev–Trinajstić information content (AvgIpc) is 3.18. The van der Waals surface area contributed by atoms with Crippen LogP contribution in [0, 0.1) is 5.92 Å². The van der Waals surface area contributed by atoms with Gasteiger partial charge < -0.3 is 10.1 Å². The van der Waals surface area contributed by atoms with Crippen LogP contribution < -0.4 is 10.1 Å². The third-order valence-corrected chi connectivity index (χ3v) is 7.65. The van der Waals surface area contributed by atoms with Gasteiger partial charge in [-0.25, -0.2) is 8.42 Å². The number of para-hydroxylation sites is 1. The molecule has 0 spiro atoms. The highest BCUT2D eigenvalue weighted by Crippen LogP contribution is 2.39. The normalized spacial score (nSPS) is 25.5. The van der Waals surface area contributed by atoms with Crippen LogP contribution in [0.25, 0.3) is 0 Å². The average molecular weight is 337 g/mol. The number of hydrogen-bond acceptors (Lipinski definition) is 4.